The molecular weight excluding hydrogens is 623 g/mol. The van der Waals surface area contributed by atoms with Crippen molar-refractivity contribution in [3.8, 4) is 17.4 Å². The number of aromatic carboxylic acids is 1. The summed E-state index contributed by atoms with van der Waals surface area (Å²) in [6, 6.07) is 10.1. The predicted molar refractivity (Wildman–Crippen MR) is 171 cm³/mol. The second-order valence-corrected chi connectivity index (χ2v) is 12.1. The third-order valence-electron chi connectivity index (χ3n) is 8.20. The number of halogens is 2. The Labute approximate surface area is 268 Å². The quantitative estimate of drug-likeness (QED) is 0.283. The first-order valence-electron chi connectivity index (χ1n) is 14.2. The number of benzene rings is 1. The lowest BCUT2D eigenvalue weighted by Crippen LogP contribution is -2.57. The number of carboxylic acids is 1. The first-order valence-corrected chi connectivity index (χ1v) is 14.9. The molecule has 0 radical (unpaired) electrons. The van der Waals surface area contributed by atoms with Gasteiger partial charge in [0, 0.05) is 43.2 Å². The van der Waals surface area contributed by atoms with E-state index in [2.05, 4.69) is 19.8 Å². The van der Waals surface area contributed by atoms with E-state index in [1.54, 1.807) is 29.0 Å². The third-order valence-corrected chi connectivity index (χ3v) is 8.79. The summed E-state index contributed by atoms with van der Waals surface area (Å²) in [5.41, 5.74) is 0.382. The number of anilines is 2. The average molecular weight is 654 g/mol. The van der Waals surface area contributed by atoms with Crippen LogP contribution in [-0.4, -0.2) is 95.8 Å². The molecule has 14 heteroatoms. The number of ketones is 1. The Morgan fingerprint density at radius 1 is 1.11 bits per heavy atom. The summed E-state index contributed by atoms with van der Waals surface area (Å²) in [6.45, 7) is 1.84. The van der Waals surface area contributed by atoms with Crippen LogP contribution in [0.25, 0.3) is 16.6 Å². The monoisotopic (exact) mass is 652 g/mol. The molecule has 6 rings (SSSR count). The molecule has 45 heavy (non-hydrogen) atoms. The second kappa shape index (κ2) is 12.2. The van der Waals surface area contributed by atoms with E-state index in [9.17, 15) is 19.5 Å². The van der Waals surface area contributed by atoms with Crippen LogP contribution in [0.2, 0.25) is 10.0 Å². The molecule has 0 amide bonds. The molecular formula is C31H30Cl2N6O6. The van der Waals surface area contributed by atoms with Gasteiger partial charge in [-0.05, 0) is 44.4 Å². The van der Waals surface area contributed by atoms with Gasteiger partial charge in [-0.3, -0.25) is 9.59 Å². The molecule has 4 aromatic rings. The van der Waals surface area contributed by atoms with Crippen LogP contribution >= 0.6 is 23.2 Å². The molecule has 234 valence electrons. The van der Waals surface area contributed by atoms with Gasteiger partial charge in [-0.2, -0.15) is 4.98 Å². The standard InChI is InChI=1S/C31H30Cl2N6O6/c1-36(2)19-12-37(13-19)27-6-4-17(11-34-27)39-15-22(31(42)43)29(41)21-9-24(33)26(10-25(21)39)38-14-20(40)8-18(38)16-45-30-23(32)5-7-28(35-30)44-3/h4-7,9-11,15,18-19H,8,12-14,16H2,1-3H3,(H,42,43)/t18-/m1/s1. The van der Waals surface area contributed by atoms with Crippen molar-refractivity contribution in [2.75, 3.05) is 57.2 Å². The van der Waals surface area contributed by atoms with E-state index < -0.39 is 23.0 Å². The normalized spacial score (nSPS) is 16.8. The Morgan fingerprint density at radius 2 is 1.89 bits per heavy atom. The van der Waals surface area contributed by atoms with Crippen molar-refractivity contribution in [2.45, 2.75) is 18.5 Å². The minimum Gasteiger partial charge on any atom is -0.481 e. The van der Waals surface area contributed by atoms with Crippen LogP contribution in [0.3, 0.4) is 0 Å². The molecule has 0 unspecified atom stereocenters. The number of carbonyl (C=O) groups excluding carboxylic acids is 1. The van der Waals surface area contributed by atoms with Crippen molar-refractivity contribution in [1.82, 2.24) is 19.4 Å². The van der Waals surface area contributed by atoms with E-state index in [4.69, 9.17) is 32.7 Å². The SMILES string of the molecule is COc1ccc(Cl)c(OC[C@H]2CC(=O)CN2c2cc3c(cc2Cl)c(=O)c(C(=O)O)cn3-c2ccc(N3CC(N(C)C)C3)nc2)n1. The minimum atomic E-state index is -1.36. The van der Waals surface area contributed by atoms with Gasteiger partial charge in [-0.25, -0.2) is 9.78 Å². The number of likely N-dealkylation sites (N-methyl/N-ethyl adjacent to an activating group) is 1. The van der Waals surface area contributed by atoms with Crippen LogP contribution in [0.5, 0.6) is 11.8 Å². The van der Waals surface area contributed by atoms with Gasteiger partial charge in [0.25, 0.3) is 0 Å². The van der Waals surface area contributed by atoms with Gasteiger partial charge >= 0.3 is 5.97 Å². The summed E-state index contributed by atoms with van der Waals surface area (Å²) < 4.78 is 12.7. The molecule has 2 aliphatic heterocycles. The molecule has 2 aliphatic rings. The Bertz CT molecular complexity index is 1860. The Morgan fingerprint density at radius 3 is 2.56 bits per heavy atom. The fourth-order valence-electron chi connectivity index (χ4n) is 5.58. The molecule has 12 nitrogen and oxygen atoms in total. The van der Waals surface area contributed by atoms with Crippen molar-refractivity contribution in [3.63, 3.8) is 0 Å². The first-order chi connectivity index (χ1) is 21.5. The number of ether oxygens (including phenoxy) is 2. The zero-order chi connectivity index (χ0) is 32.0. The largest absolute Gasteiger partial charge is 0.481 e. The van der Waals surface area contributed by atoms with E-state index in [0.717, 1.165) is 18.9 Å². The molecule has 0 spiro atoms. The highest BCUT2D eigenvalue weighted by Gasteiger charge is 2.34. The zero-order valence-corrected chi connectivity index (χ0v) is 26.2. The fourth-order valence-corrected chi connectivity index (χ4v) is 6.01. The molecule has 0 saturated carbocycles. The van der Waals surface area contributed by atoms with Gasteiger partial charge in [0.15, 0.2) is 5.78 Å². The molecule has 2 fully saturated rings. The smallest absolute Gasteiger partial charge is 0.341 e. The maximum absolute atomic E-state index is 13.3. The molecule has 1 N–H and O–H groups in total. The van der Waals surface area contributed by atoms with Crippen molar-refractivity contribution < 1.29 is 24.2 Å². The number of hydrogen-bond acceptors (Lipinski definition) is 10. The maximum atomic E-state index is 13.3. The van der Waals surface area contributed by atoms with Gasteiger partial charge in [0.1, 0.15) is 23.0 Å². The fraction of sp³-hybridized carbons (Fsp3) is 0.323. The van der Waals surface area contributed by atoms with Crippen LogP contribution in [0.4, 0.5) is 11.5 Å². The van der Waals surface area contributed by atoms with Gasteiger partial charge in [0.05, 0.1) is 47.8 Å². The van der Waals surface area contributed by atoms with Gasteiger partial charge in [0.2, 0.25) is 17.2 Å². The lowest BCUT2D eigenvalue weighted by molar-refractivity contribution is -0.116. The number of aromatic nitrogens is 3. The minimum absolute atomic E-state index is 0.0228. The van der Waals surface area contributed by atoms with Crippen LogP contribution in [0.15, 0.2) is 53.6 Å². The number of Topliss-reactive ketones (excluding diaryl/α,β-unsaturated/α-hetero) is 1. The lowest BCUT2D eigenvalue weighted by atomic mass is 10.1. The number of pyridine rings is 3. The molecule has 5 heterocycles. The number of methoxy groups -OCH3 is 1. The van der Waals surface area contributed by atoms with E-state index in [1.807, 2.05) is 31.1 Å². The summed E-state index contributed by atoms with van der Waals surface area (Å²) in [6.07, 6.45) is 3.12. The first kappa shape index (κ1) is 30.6. The van der Waals surface area contributed by atoms with Crippen molar-refractivity contribution in [3.05, 3.63) is 74.6 Å². The van der Waals surface area contributed by atoms with Crippen LogP contribution in [0.1, 0.15) is 16.8 Å². The number of carboxylic acid groups (broad SMARTS) is 1. The molecule has 3 aromatic heterocycles. The number of rotatable bonds is 9. The molecule has 1 atom stereocenters. The van der Waals surface area contributed by atoms with E-state index in [1.165, 1.54) is 19.4 Å². The van der Waals surface area contributed by atoms with Crippen LogP contribution in [-0.2, 0) is 4.79 Å². The molecule has 1 aromatic carbocycles. The predicted octanol–water partition coefficient (Wildman–Crippen LogP) is 3.77. The Hall–Kier alpha value is -4.39. The van der Waals surface area contributed by atoms with Gasteiger partial charge in [-0.15, -0.1) is 0 Å². The number of carbonyl (C=O) groups is 2. The van der Waals surface area contributed by atoms with E-state index >= 15 is 0 Å². The van der Waals surface area contributed by atoms with Crippen molar-refractivity contribution in [2.24, 2.45) is 0 Å². The molecule has 0 bridgehead atoms. The summed E-state index contributed by atoms with van der Waals surface area (Å²) in [5.74, 6) is -0.0849. The second-order valence-electron chi connectivity index (χ2n) is 11.2. The summed E-state index contributed by atoms with van der Waals surface area (Å²) in [5, 5.41) is 10.4. The lowest BCUT2D eigenvalue weighted by Gasteiger charge is -2.43. The maximum Gasteiger partial charge on any atom is 0.341 e. The highest BCUT2D eigenvalue weighted by molar-refractivity contribution is 6.34. The van der Waals surface area contributed by atoms with E-state index in [-0.39, 0.29) is 41.6 Å². The van der Waals surface area contributed by atoms with Gasteiger partial charge < -0.3 is 33.8 Å². The van der Waals surface area contributed by atoms with Crippen LogP contribution in [0, 0.1) is 0 Å². The molecule has 0 aliphatic carbocycles. The van der Waals surface area contributed by atoms with E-state index in [0.29, 0.717) is 33.8 Å². The summed E-state index contributed by atoms with van der Waals surface area (Å²) >= 11 is 13.0. The van der Waals surface area contributed by atoms with Crippen molar-refractivity contribution in [1.29, 1.82) is 0 Å². The number of hydrogen-bond donors (Lipinski definition) is 1. The third kappa shape index (κ3) is 5.88. The average Bonchev–Trinajstić information content (AvgIpc) is 3.36. The van der Waals surface area contributed by atoms with Crippen LogP contribution < -0.4 is 24.7 Å². The van der Waals surface area contributed by atoms with Gasteiger partial charge in [-0.1, -0.05) is 23.2 Å². The topological polar surface area (TPSA) is 130 Å². The Balaban J connectivity index is 1.37. The number of fused-ring (bicyclic) bond motifs is 1. The highest BCUT2D eigenvalue weighted by atomic mass is 35.5. The zero-order valence-electron chi connectivity index (χ0n) is 24.7. The summed E-state index contributed by atoms with van der Waals surface area (Å²) in [7, 11) is 5.57. The Kier molecular flexibility index (Phi) is 8.29. The molecule has 2 saturated heterocycles. The number of nitrogens with zero attached hydrogens (tertiary/aromatic N) is 6. The van der Waals surface area contributed by atoms with Crippen molar-refractivity contribution >= 4 is 57.4 Å². The summed E-state index contributed by atoms with van der Waals surface area (Å²) in [4.78, 5) is 53.0. The highest BCUT2D eigenvalue weighted by Crippen LogP contribution is 2.36.